The maximum absolute atomic E-state index is 12.5. The molecule has 1 saturated heterocycles. The highest BCUT2D eigenvalue weighted by atomic mass is 35.5. The van der Waals surface area contributed by atoms with E-state index in [2.05, 4.69) is 16.7 Å². The molecule has 0 saturated carbocycles. The van der Waals surface area contributed by atoms with Crippen LogP contribution in [0.4, 0.5) is 5.69 Å². The van der Waals surface area contributed by atoms with Crippen molar-refractivity contribution in [3.05, 3.63) is 29.3 Å². The van der Waals surface area contributed by atoms with Crippen molar-refractivity contribution >= 4 is 24.0 Å². The first-order valence-corrected chi connectivity index (χ1v) is 7.59. The number of carbonyl (C=O) groups excluding carboxylic acids is 1. The second-order valence-electron chi connectivity index (χ2n) is 5.58. The summed E-state index contributed by atoms with van der Waals surface area (Å²) in [5, 5.41) is 6.55. The first kappa shape index (κ1) is 16.1. The quantitative estimate of drug-likeness (QED) is 0.883. The minimum absolute atomic E-state index is 0. The van der Waals surface area contributed by atoms with E-state index in [0.29, 0.717) is 0 Å². The third-order valence-electron chi connectivity index (χ3n) is 4.13. The second-order valence-corrected chi connectivity index (χ2v) is 5.58. The number of hydrogen-bond donors (Lipinski definition) is 2. The lowest BCUT2D eigenvalue weighted by Gasteiger charge is -2.22. The van der Waals surface area contributed by atoms with Gasteiger partial charge in [0, 0.05) is 37.1 Å². The molecule has 3 rings (SSSR count). The Labute approximate surface area is 132 Å². The molecular formula is C16H23ClN2O2. The first-order chi connectivity index (χ1) is 9.84. The molecule has 116 valence electrons. The highest BCUT2D eigenvalue weighted by Crippen LogP contribution is 2.25. The van der Waals surface area contributed by atoms with Crippen LogP contribution >= 0.6 is 12.4 Å². The summed E-state index contributed by atoms with van der Waals surface area (Å²) in [7, 11) is 0. The number of fused-ring (bicyclic) bond motifs is 1. The predicted molar refractivity (Wildman–Crippen MR) is 86.4 cm³/mol. The number of hydrogen-bond acceptors (Lipinski definition) is 3. The molecule has 2 aliphatic rings. The lowest BCUT2D eigenvalue weighted by molar-refractivity contribution is 0.0928. The lowest BCUT2D eigenvalue weighted by atomic mass is 9.96. The number of anilines is 1. The van der Waals surface area contributed by atoms with Crippen molar-refractivity contribution in [3.63, 3.8) is 0 Å². The van der Waals surface area contributed by atoms with E-state index in [-0.39, 0.29) is 24.4 Å². The van der Waals surface area contributed by atoms with Gasteiger partial charge in [-0.2, -0.15) is 0 Å². The van der Waals surface area contributed by atoms with Gasteiger partial charge in [-0.25, -0.2) is 0 Å². The molecule has 0 bridgehead atoms. The number of benzene rings is 1. The van der Waals surface area contributed by atoms with Crippen LogP contribution in [0.3, 0.4) is 0 Å². The highest BCUT2D eigenvalue weighted by Gasteiger charge is 2.20. The first-order valence-electron chi connectivity index (χ1n) is 7.59. The van der Waals surface area contributed by atoms with Crippen molar-refractivity contribution < 1.29 is 9.53 Å². The molecular weight excluding hydrogens is 288 g/mol. The third kappa shape index (κ3) is 3.89. The number of nitrogens with one attached hydrogen (secondary N) is 2. The Balaban J connectivity index is 0.00000161. The number of rotatable bonds is 2. The van der Waals surface area contributed by atoms with E-state index in [4.69, 9.17) is 4.74 Å². The molecule has 2 N–H and O–H groups in total. The summed E-state index contributed by atoms with van der Waals surface area (Å²) in [5.41, 5.74) is 3.12. The minimum Gasteiger partial charge on any atom is -0.385 e. The van der Waals surface area contributed by atoms with Gasteiger partial charge in [-0.15, -0.1) is 12.4 Å². The summed E-state index contributed by atoms with van der Waals surface area (Å²) in [5.74, 6) is 0.0671. The van der Waals surface area contributed by atoms with Crippen molar-refractivity contribution in [2.24, 2.45) is 0 Å². The van der Waals surface area contributed by atoms with Crippen molar-refractivity contribution in [1.82, 2.24) is 5.32 Å². The van der Waals surface area contributed by atoms with E-state index in [1.165, 1.54) is 5.56 Å². The highest BCUT2D eigenvalue weighted by molar-refractivity contribution is 5.97. The van der Waals surface area contributed by atoms with Gasteiger partial charge in [0.15, 0.2) is 0 Å². The fourth-order valence-electron chi connectivity index (χ4n) is 3.03. The fourth-order valence-corrected chi connectivity index (χ4v) is 3.03. The van der Waals surface area contributed by atoms with Crippen LogP contribution in [-0.4, -0.2) is 31.7 Å². The summed E-state index contributed by atoms with van der Waals surface area (Å²) >= 11 is 0. The molecule has 0 spiro atoms. The Morgan fingerprint density at radius 1 is 1.24 bits per heavy atom. The van der Waals surface area contributed by atoms with Crippen LogP contribution in [-0.2, 0) is 11.2 Å². The van der Waals surface area contributed by atoms with Gasteiger partial charge in [-0.05, 0) is 49.8 Å². The van der Waals surface area contributed by atoms with Gasteiger partial charge in [-0.3, -0.25) is 4.79 Å². The standard InChI is InChI=1S/C16H22N2O2.ClH/c19-16(18-12-4-3-10-20-11-8-12)14-5-1-7-15-13(14)6-2-9-17-15;/h1,5,7,12,17H,2-4,6,8-11H2,(H,18,19);1H. The summed E-state index contributed by atoms with van der Waals surface area (Å²) in [6.45, 7) is 2.56. The molecule has 1 amide bonds. The molecule has 21 heavy (non-hydrogen) atoms. The minimum atomic E-state index is 0. The van der Waals surface area contributed by atoms with Crippen LogP contribution in [0.2, 0.25) is 0 Å². The van der Waals surface area contributed by atoms with Crippen molar-refractivity contribution in [3.8, 4) is 0 Å². The molecule has 1 aromatic rings. The Bertz CT molecular complexity index is 485. The molecule has 2 heterocycles. The molecule has 0 aromatic heterocycles. The van der Waals surface area contributed by atoms with Gasteiger partial charge in [0.25, 0.3) is 5.91 Å². The van der Waals surface area contributed by atoms with Gasteiger partial charge < -0.3 is 15.4 Å². The maximum atomic E-state index is 12.5. The van der Waals surface area contributed by atoms with E-state index in [1.54, 1.807) is 0 Å². The van der Waals surface area contributed by atoms with Gasteiger partial charge >= 0.3 is 0 Å². The van der Waals surface area contributed by atoms with Crippen LogP contribution in [0.25, 0.3) is 0 Å². The Kier molecular flexibility index (Phi) is 5.88. The van der Waals surface area contributed by atoms with E-state index < -0.39 is 0 Å². The average molecular weight is 311 g/mol. The Hall–Kier alpha value is -1.26. The molecule has 2 aliphatic heterocycles. The van der Waals surface area contributed by atoms with Gasteiger partial charge in [0.1, 0.15) is 0 Å². The number of carbonyl (C=O) groups is 1. The predicted octanol–water partition coefficient (Wildman–Crippen LogP) is 2.77. The Morgan fingerprint density at radius 2 is 2.14 bits per heavy atom. The maximum Gasteiger partial charge on any atom is 0.251 e. The fraction of sp³-hybridized carbons (Fsp3) is 0.562. The summed E-state index contributed by atoms with van der Waals surface area (Å²) in [6, 6.07) is 6.21. The number of halogens is 1. The molecule has 0 radical (unpaired) electrons. The lowest BCUT2D eigenvalue weighted by Crippen LogP contribution is -2.35. The SMILES string of the molecule is Cl.O=C(NC1CCCOCC1)c1cccc2c1CCCN2. The van der Waals surface area contributed by atoms with E-state index in [9.17, 15) is 4.79 Å². The average Bonchev–Trinajstić information content (AvgIpc) is 2.75. The molecule has 0 aliphatic carbocycles. The second kappa shape index (κ2) is 7.66. The zero-order chi connectivity index (χ0) is 13.8. The van der Waals surface area contributed by atoms with Crippen molar-refractivity contribution in [2.45, 2.75) is 38.1 Å². The molecule has 5 heteroatoms. The normalized spacial score (nSPS) is 21.2. The molecule has 4 nitrogen and oxygen atoms in total. The van der Waals surface area contributed by atoms with Crippen LogP contribution in [0, 0.1) is 0 Å². The van der Waals surface area contributed by atoms with Crippen molar-refractivity contribution in [1.29, 1.82) is 0 Å². The largest absolute Gasteiger partial charge is 0.385 e. The number of amides is 1. The van der Waals surface area contributed by atoms with Crippen LogP contribution in [0.5, 0.6) is 0 Å². The summed E-state index contributed by atoms with van der Waals surface area (Å²) < 4.78 is 5.44. The van der Waals surface area contributed by atoms with Crippen LogP contribution < -0.4 is 10.6 Å². The van der Waals surface area contributed by atoms with E-state index >= 15 is 0 Å². The Morgan fingerprint density at radius 3 is 3.05 bits per heavy atom. The smallest absolute Gasteiger partial charge is 0.251 e. The third-order valence-corrected chi connectivity index (χ3v) is 4.13. The van der Waals surface area contributed by atoms with Crippen LogP contribution in [0.15, 0.2) is 18.2 Å². The summed E-state index contributed by atoms with van der Waals surface area (Å²) in [6.07, 6.45) is 5.03. The van der Waals surface area contributed by atoms with Gasteiger partial charge in [-0.1, -0.05) is 6.07 Å². The van der Waals surface area contributed by atoms with E-state index in [0.717, 1.165) is 63.1 Å². The zero-order valence-electron chi connectivity index (χ0n) is 12.2. The topological polar surface area (TPSA) is 50.4 Å². The zero-order valence-corrected chi connectivity index (χ0v) is 13.0. The van der Waals surface area contributed by atoms with Gasteiger partial charge in [0.05, 0.1) is 0 Å². The molecule has 1 atom stereocenters. The van der Waals surface area contributed by atoms with E-state index in [1.807, 2.05) is 12.1 Å². The molecule has 1 unspecified atom stereocenters. The summed E-state index contributed by atoms with van der Waals surface area (Å²) in [4.78, 5) is 12.5. The molecule has 1 fully saturated rings. The molecule has 1 aromatic carbocycles. The number of ether oxygens (including phenoxy) is 1. The van der Waals surface area contributed by atoms with Gasteiger partial charge in [0.2, 0.25) is 0 Å². The van der Waals surface area contributed by atoms with Crippen molar-refractivity contribution in [2.75, 3.05) is 25.1 Å². The monoisotopic (exact) mass is 310 g/mol. The van der Waals surface area contributed by atoms with Crippen LogP contribution in [0.1, 0.15) is 41.6 Å².